The van der Waals surface area contributed by atoms with E-state index in [1.807, 2.05) is 6.07 Å². The van der Waals surface area contributed by atoms with Crippen molar-refractivity contribution in [2.24, 2.45) is 0 Å². The number of aryl methyl sites for hydroxylation is 3. The second-order valence-corrected chi connectivity index (χ2v) is 22.8. The van der Waals surface area contributed by atoms with Gasteiger partial charge in [0.25, 0.3) is 0 Å². The first-order valence-corrected chi connectivity index (χ1v) is 31.5. The monoisotopic (exact) mass is 1120 g/mol. The predicted octanol–water partition coefficient (Wildman–Crippen LogP) is 17.4. The van der Waals surface area contributed by atoms with E-state index in [2.05, 4.69) is 208 Å². The van der Waals surface area contributed by atoms with Crippen molar-refractivity contribution >= 4 is 49.4 Å². The van der Waals surface area contributed by atoms with E-state index in [4.69, 9.17) is 29.2 Å². The number of likely N-dealkylation sites (tertiary alicyclic amines) is 1. The van der Waals surface area contributed by atoms with E-state index in [1.54, 1.807) is 7.11 Å². The highest BCUT2D eigenvalue weighted by Crippen LogP contribution is 2.40. The molecule has 0 radical (unpaired) electrons. The Morgan fingerprint density at radius 1 is 0.512 bits per heavy atom. The van der Waals surface area contributed by atoms with E-state index in [0.29, 0.717) is 19.3 Å². The summed E-state index contributed by atoms with van der Waals surface area (Å²) in [4.78, 5) is 26.1. The highest BCUT2D eigenvalue weighted by Gasteiger charge is 2.26. The number of fused-ring (bicyclic) bond motifs is 3. The van der Waals surface area contributed by atoms with Gasteiger partial charge in [0.15, 0.2) is 0 Å². The minimum Gasteiger partial charge on any atom is -0.497 e. The van der Waals surface area contributed by atoms with Crippen molar-refractivity contribution in [2.45, 2.75) is 119 Å². The summed E-state index contributed by atoms with van der Waals surface area (Å²) in [7, 11) is 1.73. The molecule has 1 fully saturated rings. The number of benzene rings is 6. The Morgan fingerprint density at radius 3 is 1.74 bits per heavy atom. The van der Waals surface area contributed by atoms with Gasteiger partial charge >= 0.3 is 0 Å². The van der Waals surface area contributed by atoms with Crippen LogP contribution in [-0.2, 0) is 6.42 Å². The number of hydrogen-bond acceptors (Lipinski definition) is 10. The van der Waals surface area contributed by atoms with Crippen molar-refractivity contribution in [3.8, 4) is 51.0 Å². The van der Waals surface area contributed by atoms with Crippen molar-refractivity contribution in [1.29, 1.82) is 0 Å². The zero-order valence-electron chi connectivity index (χ0n) is 51.4. The van der Waals surface area contributed by atoms with Crippen LogP contribution in [0.15, 0.2) is 146 Å². The van der Waals surface area contributed by atoms with Gasteiger partial charge in [0.05, 0.1) is 65.4 Å². The second kappa shape index (κ2) is 28.7. The van der Waals surface area contributed by atoms with Crippen molar-refractivity contribution in [2.75, 3.05) is 87.4 Å². The smallest absolute Gasteiger partial charge is 0.119 e. The summed E-state index contributed by atoms with van der Waals surface area (Å²) in [6.07, 6.45) is 13.0. The molecule has 84 heavy (non-hydrogen) atoms. The average molecular weight is 1120 g/mol. The number of pyridine rings is 3. The lowest BCUT2D eigenvalue weighted by Gasteiger charge is -2.28. The molecule has 0 spiro atoms. The molecular formula is C74H89N7O3. The second-order valence-electron chi connectivity index (χ2n) is 22.8. The average Bonchev–Trinajstić information content (AvgIpc) is 1.63. The minimum atomic E-state index is 0.567. The van der Waals surface area contributed by atoms with Crippen molar-refractivity contribution < 1.29 is 14.2 Å². The molecule has 1 aliphatic rings. The number of ether oxygens (including phenoxy) is 3. The molecule has 3 aromatic heterocycles. The van der Waals surface area contributed by atoms with Crippen molar-refractivity contribution in [3.05, 3.63) is 163 Å². The lowest BCUT2D eigenvalue weighted by molar-refractivity contribution is 0.189. The standard InChI is InChI=1S/C74H89N7O3/c1-9-40-79(45-22-26-58-25-21-44-78(58)47-49-84-59-36-34-56(35-37-59)71-65-30-16-18-32-67(65)73(53(6)76-71)80(41-10-2)42-11-3)69-52-75-70(64-29-15-14-28-63(64)69)57-24-20-27-61(51-57)83-48-23-46-81(43-12-4)74-54(7)77-72(66-31-17-19-33-68(66)74)62-39-38-60(82-8)50-55(62)13-5/h14-20,24,27-39,50-52,58H,9-13,21-23,25-26,40-49H2,1-8H3. The summed E-state index contributed by atoms with van der Waals surface area (Å²) in [5, 5.41) is 7.28. The van der Waals surface area contributed by atoms with Gasteiger partial charge in [-0.25, -0.2) is 0 Å². The van der Waals surface area contributed by atoms with E-state index < -0.39 is 0 Å². The molecule has 0 saturated carbocycles. The zero-order valence-corrected chi connectivity index (χ0v) is 51.4. The van der Waals surface area contributed by atoms with Gasteiger partial charge in [0.1, 0.15) is 23.9 Å². The Balaban J connectivity index is 0.747. The molecule has 1 unspecified atom stereocenters. The molecule has 1 atom stereocenters. The van der Waals surface area contributed by atoms with Crippen LogP contribution in [-0.4, -0.2) is 98.6 Å². The number of aromatic nitrogens is 3. The molecule has 1 saturated heterocycles. The largest absolute Gasteiger partial charge is 0.497 e. The third kappa shape index (κ3) is 13.5. The summed E-state index contributed by atoms with van der Waals surface area (Å²) in [5.74, 6) is 2.64. The van der Waals surface area contributed by atoms with Crippen LogP contribution in [0.2, 0.25) is 0 Å². The third-order valence-electron chi connectivity index (χ3n) is 17.0. The Kier molecular flexibility index (Phi) is 20.3. The first kappa shape index (κ1) is 59.5. The fourth-order valence-electron chi connectivity index (χ4n) is 13.2. The fourth-order valence-corrected chi connectivity index (χ4v) is 13.2. The molecule has 0 N–H and O–H groups in total. The first-order valence-electron chi connectivity index (χ1n) is 31.5. The maximum Gasteiger partial charge on any atom is 0.119 e. The molecule has 10 nitrogen and oxygen atoms in total. The van der Waals surface area contributed by atoms with Crippen molar-refractivity contribution in [1.82, 2.24) is 19.9 Å². The van der Waals surface area contributed by atoms with Crippen LogP contribution in [0, 0.1) is 13.8 Å². The van der Waals surface area contributed by atoms with Crippen LogP contribution in [0.5, 0.6) is 17.2 Å². The highest BCUT2D eigenvalue weighted by molar-refractivity contribution is 6.05. The van der Waals surface area contributed by atoms with Gasteiger partial charge in [-0.2, -0.15) is 0 Å². The Labute approximate surface area is 500 Å². The number of anilines is 3. The van der Waals surface area contributed by atoms with E-state index in [-0.39, 0.29) is 0 Å². The molecule has 4 heterocycles. The molecule has 0 aliphatic carbocycles. The summed E-state index contributed by atoms with van der Waals surface area (Å²) in [6.45, 7) is 24.8. The number of methoxy groups -OCH3 is 1. The van der Waals surface area contributed by atoms with E-state index in [1.165, 1.54) is 68.8 Å². The highest BCUT2D eigenvalue weighted by atomic mass is 16.5. The normalized spacial score (nSPS) is 13.5. The van der Waals surface area contributed by atoms with Crippen molar-refractivity contribution in [3.63, 3.8) is 0 Å². The molecule has 0 bridgehead atoms. The SMILES string of the molecule is CCCN(CCCC1CCCN1CCOc1ccc(-c2nc(C)c(N(CCC)CCC)c3ccccc23)cc1)c1cnc(-c2cccc(OCCCN(CCC)c3c(C)nc(-c4ccc(OC)cc4CC)c4ccccc34)c2)c2ccccc12. The molecule has 1 aliphatic heterocycles. The summed E-state index contributed by atoms with van der Waals surface area (Å²) in [5.41, 5.74) is 13.4. The number of hydrogen-bond donors (Lipinski definition) is 0. The molecule has 9 aromatic rings. The maximum absolute atomic E-state index is 6.56. The van der Waals surface area contributed by atoms with E-state index in [0.717, 1.165) is 165 Å². The van der Waals surface area contributed by atoms with E-state index in [9.17, 15) is 0 Å². The van der Waals surface area contributed by atoms with Gasteiger partial charge in [-0.1, -0.05) is 120 Å². The first-order chi connectivity index (χ1) is 41.2. The number of nitrogens with zero attached hydrogens (tertiary/aromatic N) is 7. The Morgan fingerprint density at radius 2 is 1.08 bits per heavy atom. The van der Waals surface area contributed by atoms with Gasteiger partial charge in [0, 0.05) is 101 Å². The quantitative estimate of drug-likeness (QED) is 0.0423. The van der Waals surface area contributed by atoms with Gasteiger partial charge in [0.2, 0.25) is 0 Å². The van der Waals surface area contributed by atoms with Crippen LogP contribution in [0.1, 0.15) is 109 Å². The lowest BCUT2D eigenvalue weighted by Crippen LogP contribution is -2.34. The Bertz CT molecular complexity index is 3610. The summed E-state index contributed by atoms with van der Waals surface area (Å²) >= 11 is 0. The van der Waals surface area contributed by atoms with Crippen LogP contribution in [0.3, 0.4) is 0 Å². The van der Waals surface area contributed by atoms with Gasteiger partial charge in [-0.3, -0.25) is 19.9 Å². The topological polar surface area (TPSA) is 79.3 Å². The maximum atomic E-state index is 6.56. The summed E-state index contributed by atoms with van der Waals surface area (Å²) < 4.78 is 18.6. The Hall–Kier alpha value is -7.69. The molecule has 10 rings (SSSR count). The van der Waals surface area contributed by atoms with Crippen LogP contribution in [0.4, 0.5) is 17.1 Å². The predicted molar refractivity (Wildman–Crippen MR) is 354 cm³/mol. The minimum absolute atomic E-state index is 0.567. The van der Waals surface area contributed by atoms with E-state index >= 15 is 0 Å². The summed E-state index contributed by atoms with van der Waals surface area (Å²) in [6, 6.07) is 50.3. The fraction of sp³-hybridized carbons (Fsp3) is 0.392. The molecule has 10 heteroatoms. The van der Waals surface area contributed by atoms with Crippen LogP contribution in [0.25, 0.3) is 66.1 Å². The van der Waals surface area contributed by atoms with Gasteiger partial charge in [-0.15, -0.1) is 0 Å². The zero-order chi connectivity index (χ0) is 58.4. The molecular weight excluding hydrogens is 1030 g/mol. The number of rotatable bonds is 29. The van der Waals surface area contributed by atoms with Crippen LogP contribution < -0.4 is 28.9 Å². The lowest BCUT2D eigenvalue weighted by atomic mass is 9.96. The van der Waals surface area contributed by atoms with Gasteiger partial charge in [-0.05, 0) is 145 Å². The molecule has 0 amide bonds. The van der Waals surface area contributed by atoms with Gasteiger partial charge < -0.3 is 28.9 Å². The third-order valence-corrected chi connectivity index (χ3v) is 17.0. The molecule has 438 valence electrons. The van der Waals surface area contributed by atoms with Crippen LogP contribution >= 0.6 is 0 Å². The molecule has 6 aromatic carbocycles.